The van der Waals surface area contributed by atoms with E-state index in [-0.39, 0.29) is 18.3 Å². The average Bonchev–Trinajstić information content (AvgIpc) is 3.04. The molecule has 7 heteroatoms. The van der Waals surface area contributed by atoms with Gasteiger partial charge in [-0.25, -0.2) is 0 Å². The van der Waals surface area contributed by atoms with Gasteiger partial charge < -0.3 is 10.2 Å². The van der Waals surface area contributed by atoms with Gasteiger partial charge in [0.2, 0.25) is 0 Å². The Kier molecular flexibility index (Phi) is 6.04. The molecule has 1 aromatic heterocycles. The Bertz CT molecular complexity index is 666. The Morgan fingerprint density at radius 1 is 1.35 bits per heavy atom. The Morgan fingerprint density at radius 2 is 2.04 bits per heavy atom. The summed E-state index contributed by atoms with van der Waals surface area (Å²) in [6.45, 7) is 1.52. The number of piperidine rings is 1. The summed E-state index contributed by atoms with van der Waals surface area (Å²) in [6.07, 6.45) is 3.54. The second-order valence-corrected chi connectivity index (χ2v) is 5.90. The molecule has 0 atom stereocenters. The topological polar surface area (TPSA) is 61.0 Å². The molecule has 1 aliphatic heterocycles. The van der Waals surface area contributed by atoms with Crippen LogP contribution in [0.3, 0.4) is 0 Å². The number of carbonyl (C=O) groups is 1. The van der Waals surface area contributed by atoms with Crippen LogP contribution in [0.2, 0.25) is 5.02 Å². The fourth-order valence-electron chi connectivity index (χ4n) is 2.86. The fraction of sp³-hybridized carbons (Fsp3) is 0.375. The molecule has 1 aliphatic rings. The first-order valence-corrected chi connectivity index (χ1v) is 7.83. The van der Waals surface area contributed by atoms with E-state index in [1.165, 1.54) is 0 Å². The van der Waals surface area contributed by atoms with E-state index in [1.54, 1.807) is 6.20 Å². The highest BCUT2D eigenvalue weighted by Gasteiger charge is 2.26. The molecule has 0 radical (unpaired) electrons. The number of H-pyrrole nitrogens is 1. The quantitative estimate of drug-likeness (QED) is 0.890. The molecule has 2 N–H and O–H groups in total. The van der Waals surface area contributed by atoms with E-state index in [2.05, 4.69) is 15.5 Å². The number of aromatic nitrogens is 2. The highest BCUT2D eigenvalue weighted by atomic mass is 35.5. The summed E-state index contributed by atoms with van der Waals surface area (Å²) in [7, 11) is 1.97. The number of amides is 1. The Balaban J connectivity index is 0.00000192. The van der Waals surface area contributed by atoms with E-state index in [0.29, 0.717) is 22.3 Å². The Hall–Kier alpha value is -1.56. The first kappa shape index (κ1) is 17.8. The summed E-state index contributed by atoms with van der Waals surface area (Å²) in [4.78, 5) is 14.7. The molecule has 0 saturated carbocycles. The number of rotatable bonds is 3. The molecule has 2 heterocycles. The van der Waals surface area contributed by atoms with Crippen molar-refractivity contribution in [2.24, 2.45) is 0 Å². The summed E-state index contributed by atoms with van der Waals surface area (Å²) < 4.78 is 0. The van der Waals surface area contributed by atoms with Gasteiger partial charge in [-0.1, -0.05) is 29.8 Å². The molecular formula is C16H20Cl2N4O. The third kappa shape index (κ3) is 3.68. The monoisotopic (exact) mass is 354 g/mol. The molecule has 1 amide bonds. The van der Waals surface area contributed by atoms with Gasteiger partial charge in [-0.2, -0.15) is 5.10 Å². The van der Waals surface area contributed by atoms with Crippen LogP contribution < -0.4 is 5.32 Å². The number of hydrogen-bond acceptors (Lipinski definition) is 3. The number of likely N-dealkylation sites (tertiary alicyclic amines) is 1. The van der Waals surface area contributed by atoms with E-state index in [4.69, 9.17) is 11.6 Å². The van der Waals surface area contributed by atoms with E-state index < -0.39 is 0 Å². The molecule has 0 bridgehead atoms. The van der Waals surface area contributed by atoms with Crippen molar-refractivity contribution >= 4 is 29.9 Å². The lowest BCUT2D eigenvalue weighted by Gasteiger charge is -2.31. The Labute approximate surface area is 146 Å². The van der Waals surface area contributed by atoms with Gasteiger partial charge in [-0.15, -0.1) is 12.4 Å². The molecule has 5 nitrogen and oxygen atoms in total. The van der Waals surface area contributed by atoms with Gasteiger partial charge in [0.15, 0.2) is 0 Å². The molecule has 1 aromatic carbocycles. The highest BCUT2D eigenvalue weighted by Crippen LogP contribution is 2.29. The second-order valence-electron chi connectivity index (χ2n) is 5.49. The summed E-state index contributed by atoms with van der Waals surface area (Å²) in [5.74, 6) is 0.0122. The van der Waals surface area contributed by atoms with Crippen molar-refractivity contribution < 1.29 is 4.79 Å². The highest BCUT2D eigenvalue weighted by molar-refractivity contribution is 6.33. The third-order valence-electron chi connectivity index (χ3n) is 4.20. The van der Waals surface area contributed by atoms with Gasteiger partial charge in [0.1, 0.15) is 0 Å². The number of nitrogens with one attached hydrogen (secondary N) is 2. The number of nitrogens with zero attached hydrogens (tertiary/aromatic N) is 2. The van der Waals surface area contributed by atoms with Crippen LogP contribution in [0.15, 0.2) is 30.5 Å². The zero-order valence-corrected chi connectivity index (χ0v) is 14.5. The van der Waals surface area contributed by atoms with Crippen molar-refractivity contribution in [3.63, 3.8) is 0 Å². The lowest BCUT2D eigenvalue weighted by atomic mass is 10.0. The molecule has 3 rings (SSSR count). The predicted octanol–water partition coefficient (Wildman–Crippen LogP) is 2.98. The normalized spacial score (nSPS) is 15.3. The van der Waals surface area contributed by atoms with Crippen LogP contribution >= 0.6 is 24.0 Å². The number of hydrogen-bond donors (Lipinski definition) is 2. The largest absolute Gasteiger partial charge is 0.338 e. The maximum absolute atomic E-state index is 12.8. The van der Waals surface area contributed by atoms with Crippen molar-refractivity contribution in [1.82, 2.24) is 20.4 Å². The minimum atomic E-state index is 0. The van der Waals surface area contributed by atoms with Crippen LogP contribution in [0.1, 0.15) is 23.2 Å². The van der Waals surface area contributed by atoms with Crippen molar-refractivity contribution in [2.75, 3.05) is 20.1 Å². The fourth-order valence-corrected chi connectivity index (χ4v) is 3.09. The van der Waals surface area contributed by atoms with Crippen LogP contribution in [0, 0.1) is 0 Å². The minimum absolute atomic E-state index is 0. The van der Waals surface area contributed by atoms with Gasteiger partial charge in [-0.3, -0.25) is 9.89 Å². The molecule has 0 aliphatic carbocycles. The smallest absolute Gasteiger partial charge is 0.257 e. The maximum atomic E-state index is 12.8. The minimum Gasteiger partial charge on any atom is -0.338 e. The molecule has 2 aromatic rings. The number of halogens is 2. The van der Waals surface area contributed by atoms with Gasteiger partial charge in [-0.05, 0) is 26.0 Å². The van der Waals surface area contributed by atoms with Crippen molar-refractivity contribution in [3.8, 4) is 11.3 Å². The lowest BCUT2D eigenvalue weighted by Crippen LogP contribution is -2.44. The van der Waals surface area contributed by atoms with Crippen molar-refractivity contribution in [1.29, 1.82) is 0 Å². The second kappa shape index (κ2) is 7.81. The molecule has 0 unspecified atom stereocenters. The molecule has 1 fully saturated rings. The average molecular weight is 355 g/mol. The molecule has 1 saturated heterocycles. The van der Waals surface area contributed by atoms with Crippen LogP contribution in [0.4, 0.5) is 0 Å². The first-order valence-electron chi connectivity index (χ1n) is 7.45. The lowest BCUT2D eigenvalue weighted by molar-refractivity contribution is 0.0708. The summed E-state index contributed by atoms with van der Waals surface area (Å²) in [6, 6.07) is 7.96. The van der Waals surface area contributed by atoms with Crippen LogP contribution in [-0.4, -0.2) is 47.2 Å². The van der Waals surface area contributed by atoms with E-state index in [9.17, 15) is 4.79 Å². The van der Waals surface area contributed by atoms with E-state index in [1.807, 2.05) is 36.2 Å². The molecular weight excluding hydrogens is 335 g/mol. The summed E-state index contributed by atoms with van der Waals surface area (Å²) in [5.41, 5.74) is 2.07. The predicted molar refractivity (Wildman–Crippen MR) is 94.3 cm³/mol. The number of aromatic amines is 1. The van der Waals surface area contributed by atoms with Crippen LogP contribution in [0.25, 0.3) is 11.3 Å². The van der Waals surface area contributed by atoms with Gasteiger partial charge >= 0.3 is 0 Å². The Morgan fingerprint density at radius 3 is 2.70 bits per heavy atom. The van der Waals surface area contributed by atoms with Gasteiger partial charge in [0, 0.05) is 29.7 Å². The molecule has 124 valence electrons. The number of carbonyl (C=O) groups excluding carboxylic acids is 1. The van der Waals surface area contributed by atoms with E-state index >= 15 is 0 Å². The number of benzene rings is 1. The zero-order chi connectivity index (χ0) is 15.5. The van der Waals surface area contributed by atoms with Crippen molar-refractivity contribution in [2.45, 2.75) is 18.9 Å². The van der Waals surface area contributed by atoms with Crippen LogP contribution in [-0.2, 0) is 0 Å². The standard InChI is InChI=1S/C16H19ClN4O.ClH/c1-18-11-6-8-21(9-7-11)16(22)13-10-19-20-15(13)12-4-2-3-5-14(12)17;/h2-5,10-11,18H,6-9H2,1H3,(H,19,20);1H. The zero-order valence-electron chi connectivity index (χ0n) is 12.9. The van der Waals surface area contributed by atoms with Crippen molar-refractivity contribution in [3.05, 3.63) is 41.0 Å². The first-order chi connectivity index (χ1) is 10.7. The van der Waals surface area contributed by atoms with Gasteiger partial charge in [0.05, 0.1) is 17.5 Å². The summed E-state index contributed by atoms with van der Waals surface area (Å²) >= 11 is 6.24. The van der Waals surface area contributed by atoms with Gasteiger partial charge in [0.25, 0.3) is 5.91 Å². The van der Waals surface area contributed by atoms with E-state index in [0.717, 1.165) is 31.5 Å². The van der Waals surface area contributed by atoms with Crippen LogP contribution in [0.5, 0.6) is 0 Å². The molecule has 23 heavy (non-hydrogen) atoms. The SMILES string of the molecule is CNC1CCN(C(=O)c2cn[nH]c2-c2ccccc2Cl)CC1.Cl. The maximum Gasteiger partial charge on any atom is 0.257 e. The molecule has 0 spiro atoms. The third-order valence-corrected chi connectivity index (χ3v) is 4.53. The summed E-state index contributed by atoms with van der Waals surface area (Å²) in [5, 5.41) is 10.8.